The Morgan fingerprint density at radius 1 is 1.00 bits per heavy atom. The summed E-state index contributed by atoms with van der Waals surface area (Å²) in [5, 5.41) is 0. The summed E-state index contributed by atoms with van der Waals surface area (Å²) in [5.74, 6) is 0.954. The van der Waals surface area contributed by atoms with Crippen LogP contribution >= 0.6 is 0 Å². The van der Waals surface area contributed by atoms with E-state index in [0.29, 0.717) is 0 Å². The average Bonchev–Trinajstić information content (AvgIpc) is 2.94. The van der Waals surface area contributed by atoms with Gasteiger partial charge in [0.2, 0.25) is 0 Å². The molecule has 18 heavy (non-hydrogen) atoms. The van der Waals surface area contributed by atoms with Crippen LogP contribution in [0.2, 0.25) is 0 Å². The van der Waals surface area contributed by atoms with Crippen molar-refractivity contribution in [2.75, 3.05) is 13.1 Å². The molecule has 0 spiro atoms. The van der Waals surface area contributed by atoms with Gasteiger partial charge in [0.15, 0.2) is 0 Å². The zero-order chi connectivity index (χ0) is 12.2. The van der Waals surface area contributed by atoms with E-state index in [0.717, 1.165) is 12.3 Å². The zero-order valence-corrected chi connectivity index (χ0v) is 10.6. The van der Waals surface area contributed by atoms with Crippen LogP contribution in [0.4, 0.5) is 0 Å². The molecular weight excluding hydrogens is 222 g/mol. The molecule has 1 aliphatic rings. The molecule has 1 fully saturated rings. The molecule has 2 nitrogen and oxygen atoms in total. The fraction of sp³-hybridized carbons (Fsp3) is 0.375. The van der Waals surface area contributed by atoms with E-state index in [1.165, 1.54) is 43.5 Å². The predicted octanol–water partition coefficient (Wildman–Crippen LogP) is 3.93. The average molecular weight is 241 g/mol. The molecule has 0 atom stereocenters. The Balaban J connectivity index is 1.74. The Morgan fingerprint density at radius 2 is 1.89 bits per heavy atom. The highest BCUT2D eigenvalue weighted by Crippen LogP contribution is 2.22. The molecule has 0 saturated carbocycles. The molecule has 3 rings (SSSR count). The van der Waals surface area contributed by atoms with E-state index in [-0.39, 0.29) is 0 Å². The highest BCUT2D eigenvalue weighted by atomic mass is 16.3. The second-order valence-electron chi connectivity index (χ2n) is 5.01. The van der Waals surface area contributed by atoms with Gasteiger partial charge in [0.25, 0.3) is 0 Å². The van der Waals surface area contributed by atoms with Gasteiger partial charge in [-0.25, -0.2) is 0 Å². The van der Waals surface area contributed by atoms with E-state index in [9.17, 15) is 0 Å². The first-order valence-corrected chi connectivity index (χ1v) is 6.77. The van der Waals surface area contributed by atoms with Crippen LogP contribution in [-0.2, 0) is 6.54 Å². The van der Waals surface area contributed by atoms with Crippen LogP contribution in [0.25, 0.3) is 11.3 Å². The van der Waals surface area contributed by atoms with Crippen LogP contribution in [0.1, 0.15) is 24.8 Å². The van der Waals surface area contributed by atoms with Crippen molar-refractivity contribution in [2.45, 2.75) is 25.8 Å². The molecular formula is C16H19NO. The molecule has 2 heteroatoms. The minimum Gasteiger partial charge on any atom is -0.464 e. The molecule has 1 aromatic heterocycles. The molecule has 2 aromatic rings. The normalized spacial score (nSPS) is 16.9. The molecule has 0 amide bonds. The summed E-state index contributed by atoms with van der Waals surface area (Å²) >= 11 is 0. The number of piperidine rings is 1. The van der Waals surface area contributed by atoms with Gasteiger partial charge in [-0.3, -0.25) is 4.90 Å². The van der Waals surface area contributed by atoms with Crippen LogP contribution in [0.5, 0.6) is 0 Å². The number of likely N-dealkylation sites (tertiary alicyclic amines) is 1. The standard InChI is InChI=1S/C16H19NO/c1-2-9-17(10-3-1)13-14-6-4-7-15(12-14)16-8-5-11-18-16/h4-8,11-12H,1-3,9-10,13H2. The number of hydrogen-bond donors (Lipinski definition) is 0. The molecule has 0 N–H and O–H groups in total. The number of rotatable bonds is 3. The lowest BCUT2D eigenvalue weighted by Gasteiger charge is -2.26. The van der Waals surface area contributed by atoms with E-state index >= 15 is 0 Å². The second kappa shape index (κ2) is 5.40. The van der Waals surface area contributed by atoms with Crippen molar-refractivity contribution in [2.24, 2.45) is 0 Å². The van der Waals surface area contributed by atoms with Gasteiger partial charge in [0.1, 0.15) is 5.76 Å². The van der Waals surface area contributed by atoms with Crippen molar-refractivity contribution < 1.29 is 4.42 Å². The third-order valence-electron chi connectivity index (χ3n) is 3.59. The van der Waals surface area contributed by atoms with Crippen molar-refractivity contribution in [3.63, 3.8) is 0 Å². The van der Waals surface area contributed by atoms with E-state index in [1.807, 2.05) is 12.1 Å². The summed E-state index contributed by atoms with van der Waals surface area (Å²) in [6.07, 6.45) is 5.81. The summed E-state index contributed by atoms with van der Waals surface area (Å²) in [5.41, 5.74) is 2.56. The largest absolute Gasteiger partial charge is 0.464 e. The molecule has 1 saturated heterocycles. The monoisotopic (exact) mass is 241 g/mol. The number of hydrogen-bond acceptors (Lipinski definition) is 2. The number of furan rings is 1. The summed E-state index contributed by atoms with van der Waals surface area (Å²) < 4.78 is 5.45. The minimum atomic E-state index is 0.954. The molecule has 0 bridgehead atoms. The Morgan fingerprint density at radius 3 is 2.67 bits per heavy atom. The number of nitrogens with zero attached hydrogens (tertiary/aromatic N) is 1. The molecule has 1 aromatic carbocycles. The third-order valence-corrected chi connectivity index (χ3v) is 3.59. The van der Waals surface area contributed by atoms with Gasteiger partial charge in [-0.2, -0.15) is 0 Å². The van der Waals surface area contributed by atoms with Crippen LogP contribution in [-0.4, -0.2) is 18.0 Å². The Bertz CT molecular complexity index is 484. The van der Waals surface area contributed by atoms with Gasteiger partial charge in [-0.05, 0) is 49.7 Å². The quantitative estimate of drug-likeness (QED) is 0.809. The van der Waals surface area contributed by atoms with Gasteiger partial charge in [-0.15, -0.1) is 0 Å². The summed E-state index contributed by atoms with van der Waals surface area (Å²) in [6.45, 7) is 3.55. The van der Waals surface area contributed by atoms with Crippen LogP contribution in [0.3, 0.4) is 0 Å². The van der Waals surface area contributed by atoms with Crippen LogP contribution < -0.4 is 0 Å². The van der Waals surface area contributed by atoms with Crippen molar-refractivity contribution in [1.82, 2.24) is 4.90 Å². The SMILES string of the molecule is c1cc(CN2CCCCC2)cc(-c2ccco2)c1. The van der Waals surface area contributed by atoms with Gasteiger partial charge in [0.05, 0.1) is 6.26 Å². The molecule has 94 valence electrons. The predicted molar refractivity (Wildman–Crippen MR) is 73.3 cm³/mol. The minimum absolute atomic E-state index is 0.954. The number of benzene rings is 1. The van der Waals surface area contributed by atoms with Crippen molar-refractivity contribution in [3.8, 4) is 11.3 Å². The van der Waals surface area contributed by atoms with Crippen LogP contribution in [0, 0.1) is 0 Å². The zero-order valence-electron chi connectivity index (χ0n) is 10.6. The maximum Gasteiger partial charge on any atom is 0.133 e. The van der Waals surface area contributed by atoms with Gasteiger partial charge in [0, 0.05) is 12.1 Å². The lowest BCUT2D eigenvalue weighted by Crippen LogP contribution is -2.29. The summed E-state index contributed by atoms with van der Waals surface area (Å²) in [7, 11) is 0. The first-order valence-electron chi connectivity index (χ1n) is 6.77. The maximum atomic E-state index is 5.45. The van der Waals surface area contributed by atoms with E-state index in [1.54, 1.807) is 6.26 Å². The summed E-state index contributed by atoms with van der Waals surface area (Å²) in [4.78, 5) is 2.55. The fourth-order valence-electron chi connectivity index (χ4n) is 2.64. The lowest BCUT2D eigenvalue weighted by atomic mass is 10.1. The van der Waals surface area contributed by atoms with E-state index in [4.69, 9.17) is 4.42 Å². The molecule has 0 unspecified atom stereocenters. The topological polar surface area (TPSA) is 16.4 Å². The van der Waals surface area contributed by atoms with Crippen molar-refractivity contribution in [3.05, 3.63) is 48.2 Å². The second-order valence-corrected chi connectivity index (χ2v) is 5.01. The smallest absolute Gasteiger partial charge is 0.133 e. The maximum absolute atomic E-state index is 5.45. The van der Waals surface area contributed by atoms with Crippen molar-refractivity contribution >= 4 is 0 Å². The van der Waals surface area contributed by atoms with Crippen LogP contribution in [0.15, 0.2) is 47.1 Å². The van der Waals surface area contributed by atoms with E-state index < -0.39 is 0 Å². The molecule has 0 radical (unpaired) electrons. The van der Waals surface area contributed by atoms with E-state index in [2.05, 4.69) is 29.2 Å². The Kier molecular flexibility index (Phi) is 3.47. The molecule has 1 aliphatic heterocycles. The van der Waals surface area contributed by atoms with Gasteiger partial charge < -0.3 is 4.42 Å². The first kappa shape index (κ1) is 11.5. The van der Waals surface area contributed by atoms with Gasteiger partial charge >= 0.3 is 0 Å². The first-order chi connectivity index (χ1) is 8.92. The summed E-state index contributed by atoms with van der Waals surface area (Å²) in [6, 6.07) is 12.6. The molecule has 2 heterocycles. The van der Waals surface area contributed by atoms with Crippen molar-refractivity contribution in [1.29, 1.82) is 0 Å². The fourth-order valence-corrected chi connectivity index (χ4v) is 2.64. The molecule has 0 aliphatic carbocycles. The van der Waals surface area contributed by atoms with Gasteiger partial charge in [-0.1, -0.05) is 24.6 Å². The third kappa shape index (κ3) is 2.65. The Hall–Kier alpha value is -1.54. The highest BCUT2D eigenvalue weighted by molar-refractivity contribution is 5.58. The Labute approximate surface area is 108 Å². The highest BCUT2D eigenvalue weighted by Gasteiger charge is 2.10. The lowest BCUT2D eigenvalue weighted by molar-refractivity contribution is 0.221.